The third-order valence-corrected chi connectivity index (χ3v) is 5.49. The highest BCUT2D eigenvalue weighted by atomic mass is 79.9. The molecule has 0 saturated carbocycles. The lowest BCUT2D eigenvalue weighted by molar-refractivity contribution is -0.384. The van der Waals surface area contributed by atoms with E-state index in [0.717, 1.165) is 21.3 Å². The molecule has 1 heterocycles. The number of aryl methyl sites for hydroxylation is 2. The summed E-state index contributed by atoms with van der Waals surface area (Å²) in [4.78, 5) is 36.7. The maximum absolute atomic E-state index is 12.6. The number of non-ortho nitro benzene ring substituents is 1. The molecule has 1 aliphatic rings. The van der Waals surface area contributed by atoms with E-state index in [1.807, 2.05) is 26.0 Å². The summed E-state index contributed by atoms with van der Waals surface area (Å²) < 4.78 is 0.971. The van der Waals surface area contributed by atoms with E-state index < -0.39 is 10.8 Å². The average Bonchev–Trinajstić information content (AvgIpc) is 3.01. The molecule has 0 aliphatic carbocycles. The second kappa shape index (κ2) is 7.48. The second-order valence-corrected chi connectivity index (χ2v) is 7.44. The van der Waals surface area contributed by atoms with Gasteiger partial charge in [-0.25, -0.2) is 0 Å². The Bertz CT molecular complexity index is 927. The second-order valence-electron chi connectivity index (χ2n) is 6.58. The highest BCUT2D eigenvalue weighted by Crippen LogP contribution is 2.29. The van der Waals surface area contributed by atoms with Gasteiger partial charge in [0.1, 0.15) is 0 Å². The summed E-state index contributed by atoms with van der Waals surface area (Å²) in [6.07, 6.45) is 0.109. The van der Waals surface area contributed by atoms with Crippen LogP contribution in [-0.4, -0.2) is 23.3 Å². The molecule has 140 valence electrons. The number of nitro benzene ring substituents is 1. The van der Waals surface area contributed by atoms with Gasteiger partial charge in [0.2, 0.25) is 11.8 Å². The zero-order valence-corrected chi connectivity index (χ0v) is 16.4. The van der Waals surface area contributed by atoms with Crippen LogP contribution in [0.1, 0.15) is 17.5 Å². The van der Waals surface area contributed by atoms with Gasteiger partial charge in [0.15, 0.2) is 0 Å². The number of benzene rings is 2. The number of amides is 2. The first-order chi connectivity index (χ1) is 12.8. The van der Waals surface area contributed by atoms with Crippen molar-refractivity contribution in [3.63, 3.8) is 0 Å². The van der Waals surface area contributed by atoms with Crippen molar-refractivity contribution < 1.29 is 14.5 Å². The summed E-state index contributed by atoms with van der Waals surface area (Å²) in [6.45, 7) is 4.09. The van der Waals surface area contributed by atoms with Gasteiger partial charge in [-0.15, -0.1) is 0 Å². The lowest BCUT2D eigenvalue weighted by Gasteiger charge is -2.17. The molecule has 0 aromatic heterocycles. The van der Waals surface area contributed by atoms with E-state index in [9.17, 15) is 19.7 Å². The number of hydrogen-bond donors (Lipinski definition) is 1. The molecule has 2 aromatic rings. The van der Waals surface area contributed by atoms with Crippen LogP contribution >= 0.6 is 15.9 Å². The van der Waals surface area contributed by atoms with Crippen LogP contribution in [0.25, 0.3) is 0 Å². The van der Waals surface area contributed by atoms with E-state index in [1.165, 1.54) is 29.2 Å². The maximum atomic E-state index is 12.6. The van der Waals surface area contributed by atoms with Crippen LogP contribution in [0.3, 0.4) is 0 Å². The minimum Gasteiger partial charge on any atom is -0.326 e. The van der Waals surface area contributed by atoms with Gasteiger partial charge < -0.3 is 10.2 Å². The SMILES string of the molecule is Cc1cc(NC(=O)[C@H]2CC(=O)N(c3ccc([N+](=O)[O-])cc3)C2)c(C)cc1Br. The van der Waals surface area contributed by atoms with Gasteiger partial charge in [-0.3, -0.25) is 19.7 Å². The van der Waals surface area contributed by atoms with Crippen molar-refractivity contribution in [2.45, 2.75) is 20.3 Å². The third-order valence-electron chi connectivity index (χ3n) is 4.63. The smallest absolute Gasteiger partial charge is 0.269 e. The number of rotatable bonds is 4. The molecule has 7 nitrogen and oxygen atoms in total. The predicted octanol–water partition coefficient (Wildman–Crippen LogP) is 3.97. The van der Waals surface area contributed by atoms with Crippen molar-refractivity contribution >= 4 is 44.8 Å². The molecule has 2 aromatic carbocycles. The van der Waals surface area contributed by atoms with Crippen LogP contribution in [0.5, 0.6) is 0 Å². The fourth-order valence-corrected chi connectivity index (χ4v) is 3.50. The molecule has 0 spiro atoms. The average molecular weight is 432 g/mol. The Morgan fingerprint density at radius 2 is 1.89 bits per heavy atom. The molecule has 1 aliphatic heterocycles. The predicted molar refractivity (Wildman–Crippen MR) is 106 cm³/mol. The van der Waals surface area contributed by atoms with Crippen molar-refractivity contribution in [2.75, 3.05) is 16.8 Å². The number of carbonyl (C=O) groups excluding carboxylic acids is 2. The van der Waals surface area contributed by atoms with E-state index in [2.05, 4.69) is 21.2 Å². The Morgan fingerprint density at radius 1 is 1.22 bits per heavy atom. The Hall–Kier alpha value is -2.74. The molecular formula is C19H18BrN3O4. The fourth-order valence-electron chi connectivity index (χ4n) is 3.04. The molecule has 8 heteroatoms. The number of halogens is 1. The van der Waals surface area contributed by atoms with Gasteiger partial charge in [0, 0.05) is 40.9 Å². The normalized spacial score (nSPS) is 16.5. The van der Waals surface area contributed by atoms with Crippen molar-refractivity contribution in [3.05, 3.63) is 62.1 Å². The number of nitro groups is 1. The van der Waals surface area contributed by atoms with Gasteiger partial charge in [0.25, 0.3) is 5.69 Å². The molecular weight excluding hydrogens is 414 g/mol. The van der Waals surface area contributed by atoms with Gasteiger partial charge in [0.05, 0.1) is 10.8 Å². The van der Waals surface area contributed by atoms with Crippen molar-refractivity contribution in [2.24, 2.45) is 5.92 Å². The maximum Gasteiger partial charge on any atom is 0.269 e. The van der Waals surface area contributed by atoms with Crippen LogP contribution < -0.4 is 10.2 Å². The molecule has 0 radical (unpaired) electrons. The summed E-state index contributed by atoms with van der Waals surface area (Å²) in [7, 11) is 0. The van der Waals surface area contributed by atoms with Gasteiger partial charge in [-0.1, -0.05) is 15.9 Å². The monoisotopic (exact) mass is 431 g/mol. The standard InChI is InChI=1S/C19H18BrN3O4/c1-11-8-17(12(2)7-16(11)20)21-19(25)13-9-18(24)22(10-13)14-3-5-15(6-4-14)23(26)27/h3-8,13H,9-10H2,1-2H3,(H,21,25)/t13-/m0/s1. The zero-order valence-electron chi connectivity index (χ0n) is 14.9. The van der Waals surface area contributed by atoms with E-state index in [0.29, 0.717) is 5.69 Å². The van der Waals surface area contributed by atoms with E-state index in [1.54, 1.807) is 0 Å². The molecule has 1 atom stereocenters. The minimum atomic E-state index is -0.492. The van der Waals surface area contributed by atoms with Crippen LogP contribution in [-0.2, 0) is 9.59 Å². The molecule has 27 heavy (non-hydrogen) atoms. The largest absolute Gasteiger partial charge is 0.326 e. The zero-order chi connectivity index (χ0) is 19.7. The first-order valence-electron chi connectivity index (χ1n) is 8.38. The molecule has 0 bridgehead atoms. The lowest BCUT2D eigenvalue weighted by atomic mass is 10.1. The number of nitrogens with one attached hydrogen (secondary N) is 1. The summed E-state index contributed by atoms with van der Waals surface area (Å²) in [5.41, 5.74) is 3.17. The molecule has 1 saturated heterocycles. The first-order valence-corrected chi connectivity index (χ1v) is 9.18. The fraction of sp³-hybridized carbons (Fsp3) is 0.263. The van der Waals surface area contributed by atoms with Crippen molar-refractivity contribution in [1.29, 1.82) is 0 Å². The van der Waals surface area contributed by atoms with E-state index in [4.69, 9.17) is 0 Å². The quantitative estimate of drug-likeness (QED) is 0.585. The Balaban J connectivity index is 1.72. The van der Waals surface area contributed by atoms with Crippen LogP contribution in [0, 0.1) is 29.9 Å². The topological polar surface area (TPSA) is 92.6 Å². The number of anilines is 2. The number of nitrogens with zero attached hydrogens (tertiary/aromatic N) is 2. The molecule has 3 rings (SSSR count). The van der Waals surface area contributed by atoms with Gasteiger partial charge in [-0.2, -0.15) is 0 Å². The van der Waals surface area contributed by atoms with Crippen LogP contribution in [0.2, 0.25) is 0 Å². The third kappa shape index (κ3) is 4.00. The van der Waals surface area contributed by atoms with Crippen molar-refractivity contribution in [3.8, 4) is 0 Å². The van der Waals surface area contributed by atoms with Gasteiger partial charge in [-0.05, 0) is 49.2 Å². The number of hydrogen-bond acceptors (Lipinski definition) is 4. The Kier molecular flexibility index (Phi) is 5.27. The van der Waals surface area contributed by atoms with E-state index >= 15 is 0 Å². The first kappa shape index (κ1) is 19.0. The highest BCUT2D eigenvalue weighted by molar-refractivity contribution is 9.10. The minimum absolute atomic E-state index is 0.0410. The summed E-state index contributed by atoms with van der Waals surface area (Å²) >= 11 is 3.46. The van der Waals surface area contributed by atoms with Crippen LogP contribution in [0.15, 0.2) is 40.9 Å². The summed E-state index contributed by atoms with van der Waals surface area (Å²) in [5, 5.41) is 13.7. The van der Waals surface area contributed by atoms with Gasteiger partial charge >= 0.3 is 0 Å². The van der Waals surface area contributed by atoms with Crippen molar-refractivity contribution in [1.82, 2.24) is 0 Å². The lowest BCUT2D eigenvalue weighted by Crippen LogP contribution is -2.28. The Labute approximate surface area is 164 Å². The molecule has 1 N–H and O–H groups in total. The summed E-state index contributed by atoms with van der Waals surface area (Å²) in [6, 6.07) is 9.58. The summed E-state index contributed by atoms with van der Waals surface area (Å²) in [5.74, 6) is -0.860. The number of carbonyl (C=O) groups is 2. The molecule has 1 fully saturated rings. The molecule has 0 unspecified atom stereocenters. The highest BCUT2D eigenvalue weighted by Gasteiger charge is 2.35. The Morgan fingerprint density at radius 3 is 2.52 bits per heavy atom. The van der Waals surface area contributed by atoms with E-state index in [-0.39, 0.29) is 30.5 Å². The molecule has 2 amide bonds. The van der Waals surface area contributed by atoms with Crippen LogP contribution in [0.4, 0.5) is 17.1 Å².